The van der Waals surface area contributed by atoms with Crippen molar-refractivity contribution in [2.45, 2.75) is 54.0 Å². The average Bonchev–Trinajstić information content (AvgIpc) is 3.41. The summed E-state index contributed by atoms with van der Waals surface area (Å²) in [4.78, 5) is 30.5. The lowest BCUT2D eigenvalue weighted by molar-refractivity contribution is -0.129. The lowest BCUT2D eigenvalue weighted by Gasteiger charge is -2.29. The summed E-state index contributed by atoms with van der Waals surface area (Å²) < 4.78 is 17.4. The van der Waals surface area contributed by atoms with Gasteiger partial charge in [0.15, 0.2) is 23.0 Å². The van der Waals surface area contributed by atoms with Gasteiger partial charge in [0.2, 0.25) is 5.78 Å². The zero-order valence-electron chi connectivity index (χ0n) is 22.9. The number of rotatable bonds is 14. The summed E-state index contributed by atoms with van der Waals surface area (Å²) in [5.74, 6) is 0.679. The van der Waals surface area contributed by atoms with Crippen LogP contribution in [0.1, 0.15) is 69.0 Å². The van der Waals surface area contributed by atoms with Crippen LogP contribution in [0.4, 0.5) is 0 Å². The molecule has 37 heavy (non-hydrogen) atoms. The number of nitrogens with zero attached hydrogens (tertiary/aromatic N) is 2. The van der Waals surface area contributed by atoms with Crippen molar-refractivity contribution >= 4 is 11.7 Å². The number of aliphatic hydroxyl groups is 1. The van der Waals surface area contributed by atoms with Crippen molar-refractivity contribution in [2.24, 2.45) is 5.92 Å². The SMILES string of the molecule is CCOc1cc(C2C(C(=O)c3ccc(C)o3)=C(O)C(=O)N2CCN(CC)CC)ccc1OCCC(C)C. The molecule has 1 amide bonds. The van der Waals surface area contributed by atoms with Crippen LogP contribution in [0.15, 0.2) is 46.1 Å². The van der Waals surface area contributed by atoms with Crippen LogP contribution in [0, 0.1) is 12.8 Å². The van der Waals surface area contributed by atoms with Gasteiger partial charge in [0, 0.05) is 13.1 Å². The van der Waals surface area contributed by atoms with Gasteiger partial charge in [-0.05, 0) is 69.1 Å². The molecule has 1 aromatic carbocycles. The van der Waals surface area contributed by atoms with E-state index in [1.165, 1.54) is 0 Å². The largest absolute Gasteiger partial charge is 0.503 e. The Labute approximate surface area is 219 Å². The lowest BCUT2D eigenvalue weighted by Crippen LogP contribution is -2.38. The lowest BCUT2D eigenvalue weighted by atomic mass is 9.94. The minimum atomic E-state index is -0.787. The summed E-state index contributed by atoms with van der Waals surface area (Å²) in [7, 11) is 0. The topological polar surface area (TPSA) is 92.5 Å². The van der Waals surface area contributed by atoms with Crippen LogP contribution in [0.2, 0.25) is 0 Å². The minimum Gasteiger partial charge on any atom is -0.503 e. The number of benzene rings is 1. The molecule has 2 heterocycles. The fourth-order valence-electron chi connectivity index (χ4n) is 4.43. The molecule has 8 nitrogen and oxygen atoms in total. The van der Waals surface area contributed by atoms with E-state index in [9.17, 15) is 14.7 Å². The summed E-state index contributed by atoms with van der Waals surface area (Å²) in [5, 5.41) is 10.9. The molecule has 2 aromatic rings. The van der Waals surface area contributed by atoms with Gasteiger partial charge in [-0.1, -0.05) is 33.8 Å². The van der Waals surface area contributed by atoms with Crippen molar-refractivity contribution in [3.8, 4) is 11.5 Å². The molecule has 0 saturated carbocycles. The standard InChI is InChI=1S/C29H40N2O6/c1-7-30(8-2)15-16-31-26(25(28(33)29(31)34)27(32)23-12-10-20(6)37-23)21-11-13-22(24(18-21)35-9-3)36-17-14-19(4)5/h10-13,18-19,26,33H,7-9,14-17H2,1-6H3. The van der Waals surface area contributed by atoms with Crippen molar-refractivity contribution in [2.75, 3.05) is 39.4 Å². The van der Waals surface area contributed by atoms with E-state index in [0.717, 1.165) is 19.5 Å². The van der Waals surface area contributed by atoms with Gasteiger partial charge in [0.05, 0.1) is 24.8 Å². The molecule has 1 aliphatic heterocycles. The number of ether oxygens (including phenoxy) is 2. The van der Waals surface area contributed by atoms with E-state index >= 15 is 0 Å². The van der Waals surface area contributed by atoms with Gasteiger partial charge in [-0.15, -0.1) is 0 Å². The molecule has 1 aliphatic rings. The molecule has 1 unspecified atom stereocenters. The number of aliphatic hydroxyl groups excluding tert-OH is 1. The molecular formula is C29H40N2O6. The molecule has 1 aromatic heterocycles. The van der Waals surface area contributed by atoms with Gasteiger partial charge in [-0.2, -0.15) is 0 Å². The van der Waals surface area contributed by atoms with Gasteiger partial charge >= 0.3 is 0 Å². The third-order valence-electron chi connectivity index (χ3n) is 6.60. The molecule has 0 radical (unpaired) electrons. The fourth-order valence-corrected chi connectivity index (χ4v) is 4.43. The summed E-state index contributed by atoms with van der Waals surface area (Å²) in [6, 6.07) is 7.90. The van der Waals surface area contributed by atoms with E-state index in [1.54, 1.807) is 30.0 Å². The van der Waals surface area contributed by atoms with Crippen LogP contribution in [0.25, 0.3) is 0 Å². The first-order valence-corrected chi connectivity index (χ1v) is 13.2. The fraction of sp³-hybridized carbons (Fsp3) is 0.517. The highest BCUT2D eigenvalue weighted by atomic mass is 16.5. The molecule has 0 spiro atoms. The zero-order chi connectivity index (χ0) is 27.1. The minimum absolute atomic E-state index is 0.00909. The Bertz CT molecular complexity index is 1120. The van der Waals surface area contributed by atoms with E-state index in [-0.39, 0.29) is 11.3 Å². The van der Waals surface area contributed by atoms with Gasteiger partial charge in [0.25, 0.3) is 5.91 Å². The summed E-state index contributed by atoms with van der Waals surface area (Å²) in [6.45, 7) is 15.6. The van der Waals surface area contributed by atoms with Crippen molar-refractivity contribution in [3.63, 3.8) is 0 Å². The quantitative estimate of drug-likeness (QED) is 0.342. The number of amides is 1. The van der Waals surface area contributed by atoms with Crippen LogP contribution < -0.4 is 9.47 Å². The molecule has 8 heteroatoms. The third-order valence-corrected chi connectivity index (χ3v) is 6.60. The number of carbonyl (C=O) groups is 2. The molecule has 1 atom stereocenters. The van der Waals surface area contributed by atoms with Crippen LogP contribution in [-0.4, -0.2) is 66.0 Å². The smallest absolute Gasteiger partial charge is 0.290 e. The maximum absolute atomic E-state index is 13.5. The van der Waals surface area contributed by atoms with E-state index in [1.807, 2.05) is 19.1 Å². The van der Waals surface area contributed by atoms with E-state index in [0.29, 0.717) is 55.0 Å². The van der Waals surface area contributed by atoms with Crippen LogP contribution >= 0.6 is 0 Å². The van der Waals surface area contributed by atoms with Crippen molar-refractivity contribution in [1.29, 1.82) is 0 Å². The Morgan fingerprint density at radius 1 is 1.11 bits per heavy atom. The number of hydrogen-bond acceptors (Lipinski definition) is 7. The van der Waals surface area contributed by atoms with Crippen LogP contribution in [0.5, 0.6) is 11.5 Å². The highest BCUT2D eigenvalue weighted by Gasteiger charge is 2.44. The Hall–Kier alpha value is -3.26. The molecule has 3 rings (SSSR count). The van der Waals surface area contributed by atoms with Crippen LogP contribution in [0.3, 0.4) is 0 Å². The predicted octanol–water partition coefficient (Wildman–Crippen LogP) is 5.33. The van der Waals surface area contributed by atoms with E-state index in [4.69, 9.17) is 13.9 Å². The second kappa shape index (κ2) is 12.8. The molecule has 0 bridgehead atoms. The molecule has 202 valence electrons. The zero-order valence-corrected chi connectivity index (χ0v) is 22.9. The van der Waals surface area contributed by atoms with Crippen molar-refractivity contribution < 1.29 is 28.6 Å². The number of hydrogen-bond donors (Lipinski definition) is 1. The Morgan fingerprint density at radius 3 is 2.43 bits per heavy atom. The number of Topliss-reactive ketones (excluding diaryl/α,β-unsaturated/α-hetero) is 1. The van der Waals surface area contributed by atoms with E-state index in [2.05, 4.69) is 32.6 Å². The molecule has 0 aliphatic carbocycles. The first-order chi connectivity index (χ1) is 17.7. The number of ketones is 1. The van der Waals surface area contributed by atoms with Gasteiger partial charge in [-0.25, -0.2) is 0 Å². The summed E-state index contributed by atoms with van der Waals surface area (Å²) in [5.41, 5.74) is 0.665. The van der Waals surface area contributed by atoms with E-state index < -0.39 is 23.5 Å². The monoisotopic (exact) mass is 512 g/mol. The summed E-state index contributed by atoms with van der Waals surface area (Å²) in [6.07, 6.45) is 0.904. The van der Waals surface area contributed by atoms with Gasteiger partial charge < -0.3 is 28.8 Å². The molecular weight excluding hydrogens is 472 g/mol. The third kappa shape index (κ3) is 6.55. The molecule has 0 fully saturated rings. The van der Waals surface area contributed by atoms with Crippen molar-refractivity contribution in [1.82, 2.24) is 9.80 Å². The van der Waals surface area contributed by atoms with Gasteiger partial charge in [0.1, 0.15) is 5.76 Å². The summed E-state index contributed by atoms with van der Waals surface area (Å²) >= 11 is 0. The molecule has 1 N–H and O–H groups in total. The maximum atomic E-state index is 13.5. The second-order valence-electron chi connectivity index (χ2n) is 9.60. The Kier molecular flexibility index (Phi) is 9.80. The normalized spacial score (nSPS) is 15.8. The Morgan fingerprint density at radius 2 is 1.84 bits per heavy atom. The predicted molar refractivity (Wildman–Crippen MR) is 142 cm³/mol. The molecule has 0 saturated heterocycles. The first-order valence-electron chi connectivity index (χ1n) is 13.2. The number of aryl methyl sites for hydroxylation is 1. The van der Waals surface area contributed by atoms with Gasteiger partial charge in [-0.3, -0.25) is 9.59 Å². The maximum Gasteiger partial charge on any atom is 0.290 e. The Balaban J connectivity index is 2.03. The second-order valence-corrected chi connectivity index (χ2v) is 9.60. The number of furan rings is 1. The number of carbonyl (C=O) groups excluding carboxylic acids is 2. The highest BCUT2D eigenvalue weighted by molar-refractivity contribution is 6.15. The highest BCUT2D eigenvalue weighted by Crippen LogP contribution is 2.42. The average molecular weight is 513 g/mol. The number of likely N-dealkylation sites (N-methyl/N-ethyl adjacent to an activating group) is 1. The first kappa shape index (κ1) is 28.3. The van der Waals surface area contributed by atoms with Crippen LogP contribution in [-0.2, 0) is 4.79 Å². The van der Waals surface area contributed by atoms with Crippen molar-refractivity contribution in [3.05, 3.63) is 58.7 Å².